The maximum atomic E-state index is 5.99. The van der Waals surface area contributed by atoms with E-state index in [1.165, 1.54) is 0 Å². The fraction of sp³-hybridized carbons (Fsp3) is 0.0769. The first-order valence-electron chi connectivity index (χ1n) is 19.9. The Balaban J connectivity index is 0.00000215. The summed E-state index contributed by atoms with van der Waals surface area (Å²) in [7, 11) is 0. The van der Waals surface area contributed by atoms with Crippen molar-refractivity contribution in [2.75, 3.05) is 0 Å². The average Bonchev–Trinajstić information content (AvgIpc) is 3.68. The molecule has 0 fully saturated rings. The van der Waals surface area contributed by atoms with E-state index in [1.54, 1.807) is 6.20 Å². The van der Waals surface area contributed by atoms with Crippen LogP contribution in [-0.4, -0.2) is 24.1 Å². The second kappa shape index (κ2) is 15.5. The Morgan fingerprint density at radius 1 is 0.603 bits per heavy atom. The van der Waals surface area contributed by atoms with Gasteiger partial charge in [0.05, 0.1) is 11.0 Å². The molecule has 9 aromatic rings. The van der Waals surface area contributed by atoms with Crippen molar-refractivity contribution in [1.29, 1.82) is 0 Å². The summed E-state index contributed by atoms with van der Waals surface area (Å²) in [4.78, 5) is 14.3. The van der Waals surface area contributed by atoms with Crippen molar-refractivity contribution < 1.29 is 0 Å². The van der Waals surface area contributed by atoms with Crippen molar-refractivity contribution in [2.45, 2.75) is 27.2 Å². The molecule has 0 aliphatic heterocycles. The minimum Gasteiger partial charge on any atom is -0.404 e. The molecule has 0 bridgehead atoms. The van der Waals surface area contributed by atoms with Crippen LogP contribution in [0, 0.1) is 0 Å². The summed E-state index contributed by atoms with van der Waals surface area (Å²) in [6, 6.07) is 43.0. The highest BCUT2D eigenvalue weighted by molar-refractivity contribution is 6.10. The number of nitrogens with two attached hydrogens (primary N) is 1. The Morgan fingerprint density at radius 3 is 1.83 bits per heavy atom. The Labute approximate surface area is 338 Å². The minimum absolute atomic E-state index is 0.834. The SMILES string of the molecule is CC.CC/C(=C\N)C1=C=C(c2ccc3c(c2)c2cccnc2n3-c2cccc(-n3c4ccc(-c5ccccc5-c5cccnc5)cc4c4cccnc43)c2)C=CC=C1. The van der Waals surface area contributed by atoms with E-state index in [-0.39, 0.29) is 0 Å². The van der Waals surface area contributed by atoms with Gasteiger partial charge in [-0.25, -0.2) is 9.97 Å². The topological polar surface area (TPSA) is 74.5 Å². The van der Waals surface area contributed by atoms with Crippen molar-refractivity contribution in [1.82, 2.24) is 24.1 Å². The molecule has 6 heteroatoms. The molecule has 280 valence electrons. The summed E-state index contributed by atoms with van der Waals surface area (Å²) < 4.78 is 4.53. The number of aromatic nitrogens is 5. The molecule has 0 unspecified atom stereocenters. The van der Waals surface area contributed by atoms with Crippen molar-refractivity contribution in [2.24, 2.45) is 5.73 Å². The fourth-order valence-electron chi connectivity index (χ4n) is 8.12. The van der Waals surface area contributed by atoms with Gasteiger partial charge >= 0.3 is 0 Å². The van der Waals surface area contributed by atoms with Gasteiger partial charge in [0.25, 0.3) is 0 Å². The molecule has 5 heterocycles. The standard InChI is InChI=1S/C50H36N6.C2H6/c1-2-33(31-51)34-11-3-4-12-35(27-34)36-20-22-47-45(28-36)43-18-9-25-53-49(43)55(47)39-14-7-15-40(30-39)56-48-23-21-37(29-46(48)44-19-10-26-54-50(44)56)41-16-5-6-17-42(41)38-13-8-24-52-32-38;1-2/h3-26,28-32H,2,51H2,1H3;1-2H3/b33-31+;. The first-order valence-corrected chi connectivity index (χ1v) is 19.9. The van der Waals surface area contributed by atoms with Gasteiger partial charge in [-0.15, -0.1) is 5.73 Å². The number of nitrogens with zero attached hydrogens (tertiary/aromatic N) is 5. The molecule has 0 spiro atoms. The van der Waals surface area contributed by atoms with Crippen LogP contribution in [0.1, 0.15) is 32.8 Å². The van der Waals surface area contributed by atoms with Gasteiger partial charge < -0.3 is 5.73 Å². The number of pyridine rings is 3. The summed E-state index contributed by atoms with van der Waals surface area (Å²) >= 11 is 0. The summed E-state index contributed by atoms with van der Waals surface area (Å²) in [5.41, 5.74) is 24.3. The summed E-state index contributed by atoms with van der Waals surface area (Å²) in [5.74, 6) is 0. The number of rotatable bonds is 7. The van der Waals surface area contributed by atoms with Crippen molar-refractivity contribution in [3.8, 4) is 33.6 Å². The highest BCUT2D eigenvalue weighted by atomic mass is 15.1. The predicted molar refractivity (Wildman–Crippen MR) is 242 cm³/mol. The molecular weight excluding hydrogens is 709 g/mol. The number of hydrogen-bond donors (Lipinski definition) is 1. The molecular formula is C52H42N6. The third kappa shape index (κ3) is 6.22. The first-order chi connectivity index (χ1) is 28.7. The van der Waals surface area contributed by atoms with E-state index in [0.29, 0.717) is 0 Å². The van der Waals surface area contributed by atoms with Crippen LogP contribution in [0.4, 0.5) is 0 Å². The van der Waals surface area contributed by atoms with Crippen LogP contribution >= 0.6 is 0 Å². The highest BCUT2D eigenvalue weighted by Crippen LogP contribution is 2.39. The van der Waals surface area contributed by atoms with E-state index >= 15 is 0 Å². The maximum Gasteiger partial charge on any atom is 0.145 e. The number of hydrogen-bond acceptors (Lipinski definition) is 4. The molecule has 0 saturated heterocycles. The third-order valence-corrected chi connectivity index (χ3v) is 10.8. The normalized spacial score (nSPS) is 12.8. The van der Waals surface area contributed by atoms with E-state index < -0.39 is 0 Å². The molecule has 0 amide bonds. The van der Waals surface area contributed by atoms with Crippen LogP contribution in [-0.2, 0) is 0 Å². The Kier molecular flexibility index (Phi) is 9.68. The van der Waals surface area contributed by atoms with Crippen LogP contribution in [0.25, 0.3) is 83.1 Å². The van der Waals surface area contributed by atoms with Gasteiger partial charge in [0, 0.05) is 74.4 Å². The molecule has 6 nitrogen and oxygen atoms in total. The summed E-state index contributed by atoms with van der Waals surface area (Å²) in [6.07, 6.45) is 18.3. The smallest absolute Gasteiger partial charge is 0.145 e. The lowest BCUT2D eigenvalue weighted by Gasteiger charge is -2.13. The number of allylic oxidation sites excluding steroid dienone is 6. The highest BCUT2D eigenvalue weighted by Gasteiger charge is 2.19. The number of fused-ring (bicyclic) bond motifs is 6. The Morgan fingerprint density at radius 2 is 1.21 bits per heavy atom. The largest absolute Gasteiger partial charge is 0.404 e. The van der Waals surface area contributed by atoms with Crippen LogP contribution in [0.2, 0.25) is 0 Å². The van der Waals surface area contributed by atoms with E-state index in [4.69, 9.17) is 15.7 Å². The van der Waals surface area contributed by atoms with Gasteiger partial charge in [0.1, 0.15) is 11.3 Å². The summed E-state index contributed by atoms with van der Waals surface area (Å²) in [6.45, 7) is 6.11. The molecule has 10 rings (SSSR count). The molecule has 0 radical (unpaired) electrons. The van der Waals surface area contributed by atoms with Gasteiger partial charge in [-0.3, -0.25) is 14.1 Å². The minimum atomic E-state index is 0.834. The monoisotopic (exact) mass is 750 g/mol. The average molecular weight is 751 g/mol. The van der Waals surface area contributed by atoms with Gasteiger partial charge in [0.2, 0.25) is 0 Å². The van der Waals surface area contributed by atoms with Gasteiger partial charge in [-0.1, -0.05) is 81.5 Å². The predicted octanol–water partition coefficient (Wildman–Crippen LogP) is 12.7. The van der Waals surface area contributed by atoms with Crippen LogP contribution in [0.5, 0.6) is 0 Å². The lowest BCUT2D eigenvalue weighted by atomic mass is 9.94. The van der Waals surface area contributed by atoms with Gasteiger partial charge in [-0.05, 0) is 125 Å². The molecule has 1 aliphatic carbocycles. The number of benzene rings is 4. The van der Waals surface area contributed by atoms with Gasteiger partial charge in [0.15, 0.2) is 0 Å². The molecule has 58 heavy (non-hydrogen) atoms. The third-order valence-electron chi connectivity index (χ3n) is 10.8. The van der Waals surface area contributed by atoms with E-state index in [0.717, 1.165) is 106 Å². The zero-order chi connectivity index (χ0) is 39.6. The fourth-order valence-corrected chi connectivity index (χ4v) is 8.12. The first kappa shape index (κ1) is 36.1. The zero-order valence-electron chi connectivity index (χ0n) is 32.8. The van der Waals surface area contributed by atoms with Crippen molar-refractivity contribution in [3.05, 3.63) is 199 Å². The van der Waals surface area contributed by atoms with E-state index in [9.17, 15) is 0 Å². The maximum absolute atomic E-state index is 5.99. The molecule has 5 aromatic heterocycles. The van der Waals surface area contributed by atoms with Crippen molar-refractivity contribution >= 4 is 49.4 Å². The summed E-state index contributed by atoms with van der Waals surface area (Å²) in [5, 5.41) is 4.46. The van der Waals surface area contributed by atoms with Crippen LogP contribution < -0.4 is 5.73 Å². The van der Waals surface area contributed by atoms with Crippen molar-refractivity contribution in [3.63, 3.8) is 0 Å². The molecule has 4 aromatic carbocycles. The zero-order valence-corrected chi connectivity index (χ0v) is 32.8. The Bertz CT molecular complexity index is 3170. The van der Waals surface area contributed by atoms with Crippen LogP contribution in [0.15, 0.2) is 193 Å². The lowest BCUT2D eigenvalue weighted by Crippen LogP contribution is -2.00. The molecule has 1 aliphatic rings. The van der Waals surface area contributed by atoms with Crippen LogP contribution in [0.3, 0.4) is 0 Å². The quantitative estimate of drug-likeness (QED) is 0.165. The van der Waals surface area contributed by atoms with E-state index in [2.05, 4.69) is 148 Å². The molecule has 2 N–H and O–H groups in total. The van der Waals surface area contributed by atoms with Gasteiger partial charge in [-0.2, -0.15) is 0 Å². The molecule has 0 saturated carbocycles. The second-order valence-electron chi connectivity index (χ2n) is 13.9. The van der Waals surface area contributed by atoms with E-state index in [1.807, 2.05) is 62.9 Å². The second-order valence-corrected chi connectivity index (χ2v) is 13.9. The Hall–Kier alpha value is -7.53. The molecule has 0 atom stereocenters. The lowest BCUT2D eigenvalue weighted by molar-refractivity contribution is 1.10.